The monoisotopic (exact) mass is 372 g/mol. The predicted molar refractivity (Wildman–Crippen MR) is 113 cm³/mol. The van der Waals surface area contributed by atoms with E-state index in [9.17, 15) is 9.59 Å². The number of rotatable bonds is 4. The maximum Gasteiger partial charge on any atom is 0.326 e. The van der Waals surface area contributed by atoms with Crippen LogP contribution in [0.3, 0.4) is 0 Å². The summed E-state index contributed by atoms with van der Waals surface area (Å²) in [5.41, 5.74) is 5.22. The van der Waals surface area contributed by atoms with Crippen molar-refractivity contribution >= 4 is 5.57 Å². The highest BCUT2D eigenvalue weighted by molar-refractivity contribution is 5.66. The quantitative estimate of drug-likeness (QED) is 0.716. The van der Waals surface area contributed by atoms with Gasteiger partial charge in [-0.3, -0.25) is 9.78 Å². The molecule has 142 valence electrons. The number of allylic oxidation sites excluding steroid dienone is 2. The first-order valence-corrected chi connectivity index (χ1v) is 9.75. The van der Waals surface area contributed by atoms with Gasteiger partial charge in [-0.1, -0.05) is 66.2 Å². The maximum absolute atomic E-state index is 12.6. The van der Waals surface area contributed by atoms with Crippen molar-refractivity contribution < 1.29 is 0 Å². The van der Waals surface area contributed by atoms with Gasteiger partial charge in [0.2, 0.25) is 0 Å². The molecule has 4 nitrogen and oxygen atoms in total. The molecule has 2 N–H and O–H groups in total. The lowest BCUT2D eigenvalue weighted by Gasteiger charge is -2.23. The van der Waals surface area contributed by atoms with Crippen molar-refractivity contribution in [1.82, 2.24) is 9.97 Å². The highest BCUT2D eigenvalue weighted by atomic mass is 16.2. The molecule has 1 unspecified atom stereocenters. The standard InChI is InChI=1S/C24H24N2O2/c1-16-6-5-7-17(14-16)15-21-22(25-24(28)26-23(21)27)20-12-10-19(11-13-20)18-8-3-2-4-9-18/h2-9,12,14,19H,10-11,13,15H2,1H3,(H2,25,26,27,28). The van der Waals surface area contributed by atoms with E-state index in [1.54, 1.807) is 0 Å². The van der Waals surface area contributed by atoms with Crippen molar-refractivity contribution in [2.45, 2.75) is 38.5 Å². The Morgan fingerprint density at radius 3 is 2.54 bits per heavy atom. The number of hydrogen-bond donors (Lipinski definition) is 2. The summed E-state index contributed by atoms with van der Waals surface area (Å²) >= 11 is 0. The Balaban J connectivity index is 1.67. The Morgan fingerprint density at radius 2 is 1.82 bits per heavy atom. The average molecular weight is 372 g/mol. The number of aromatic amines is 2. The molecule has 1 aromatic heterocycles. The van der Waals surface area contributed by atoms with Gasteiger partial charge in [-0.05, 0) is 48.8 Å². The molecule has 3 aromatic rings. The minimum Gasteiger partial charge on any atom is -0.307 e. The van der Waals surface area contributed by atoms with Crippen molar-refractivity contribution in [3.8, 4) is 0 Å². The van der Waals surface area contributed by atoms with Crippen LogP contribution >= 0.6 is 0 Å². The minimum atomic E-state index is -0.445. The van der Waals surface area contributed by atoms with Crippen molar-refractivity contribution in [2.24, 2.45) is 0 Å². The highest BCUT2D eigenvalue weighted by Gasteiger charge is 2.20. The topological polar surface area (TPSA) is 65.7 Å². The Bertz CT molecular complexity index is 1120. The maximum atomic E-state index is 12.6. The molecule has 28 heavy (non-hydrogen) atoms. The van der Waals surface area contributed by atoms with E-state index in [-0.39, 0.29) is 5.56 Å². The van der Waals surface area contributed by atoms with Gasteiger partial charge in [0.1, 0.15) is 0 Å². The van der Waals surface area contributed by atoms with E-state index >= 15 is 0 Å². The summed E-state index contributed by atoms with van der Waals surface area (Å²) in [4.78, 5) is 29.8. The molecule has 4 heteroatoms. The van der Waals surface area contributed by atoms with Crippen molar-refractivity contribution in [3.05, 3.63) is 109 Å². The SMILES string of the molecule is Cc1cccc(Cc2c(C3=CCC(c4ccccc4)CC3)[nH]c(=O)[nH]c2=O)c1. The molecule has 2 aromatic carbocycles. The first-order valence-electron chi connectivity index (χ1n) is 9.75. The van der Waals surface area contributed by atoms with Crippen molar-refractivity contribution in [2.75, 3.05) is 0 Å². The third kappa shape index (κ3) is 3.91. The first-order chi connectivity index (χ1) is 13.6. The van der Waals surface area contributed by atoms with Gasteiger partial charge in [-0.15, -0.1) is 0 Å². The summed E-state index contributed by atoms with van der Waals surface area (Å²) in [6.07, 6.45) is 5.46. The number of H-pyrrole nitrogens is 2. The van der Waals surface area contributed by atoms with E-state index in [0.717, 1.165) is 36.0 Å². The molecule has 4 rings (SSSR count). The van der Waals surface area contributed by atoms with Gasteiger partial charge in [-0.25, -0.2) is 4.79 Å². The van der Waals surface area contributed by atoms with Gasteiger partial charge in [-0.2, -0.15) is 0 Å². The fourth-order valence-corrected chi connectivity index (χ4v) is 4.07. The lowest BCUT2D eigenvalue weighted by molar-refractivity contribution is 0.624. The van der Waals surface area contributed by atoms with E-state index in [2.05, 4.69) is 46.4 Å². The fraction of sp³-hybridized carbons (Fsp3) is 0.250. The highest BCUT2D eigenvalue weighted by Crippen LogP contribution is 2.35. The first kappa shape index (κ1) is 18.2. The van der Waals surface area contributed by atoms with Crippen LogP contribution in [-0.2, 0) is 6.42 Å². The van der Waals surface area contributed by atoms with E-state index in [1.165, 1.54) is 5.56 Å². The minimum absolute atomic E-state index is 0.300. The molecule has 1 aliphatic rings. The zero-order valence-corrected chi connectivity index (χ0v) is 16.0. The molecule has 0 aliphatic heterocycles. The molecule has 0 fully saturated rings. The van der Waals surface area contributed by atoms with Crippen molar-refractivity contribution in [3.63, 3.8) is 0 Å². The van der Waals surface area contributed by atoms with Crippen LogP contribution in [0.5, 0.6) is 0 Å². The van der Waals surface area contributed by atoms with Gasteiger partial charge in [0, 0.05) is 12.0 Å². The molecule has 0 bridgehead atoms. The van der Waals surface area contributed by atoms with Gasteiger partial charge in [0.25, 0.3) is 5.56 Å². The Hall–Kier alpha value is -3.14. The van der Waals surface area contributed by atoms with E-state index in [4.69, 9.17) is 0 Å². The molecule has 0 saturated carbocycles. The Labute approximate surface area is 164 Å². The van der Waals surface area contributed by atoms with Crippen LogP contribution in [0.2, 0.25) is 0 Å². The lowest BCUT2D eigenvalue weighted by atomic mass is 9.83. The van der Waals surface area contributed by atoms with Crippen LogP contribution in [0, 0.1) is 6.92 Å². The largest absolute Gasteiger partial charge is 0.326 e. The van der Waals surface area contributed by atoms with Gasteiger partial charge >= 0.3 is 5.69 Å². The second-order valence-electron chi connectivity index (χ2n) is 7.54. The van der Waals surface area contributed by atoms with E-state index < -0.39 is 5.69 Å². The van der Waals surface area contributed by atoms with Crippen LogP contribution in [0.1, 0.15) is 53.1 Å². The van der Waals surface area contributed by atoms with Crippen LogP contribution in [0.4, 0.5) is 0 Å². The van der Waals surface area contributed by atoms with Gasteiger partial charge in [0.05, 0.1) is 5.69 Å². The van der Waals surface area contributed by atoms with Crippen LogP contribution in [0.15, 0.2) is 70.3 Å². The number of benzene rings is 2. The van der Waals surface area contributed by atoms with Crippen LogP contribution in [0.25, 0.3) is 5.57 Å². The van der Waals surface area contributed by atoms with Gasteiger partial charge in [0.15, 0.2) is 0 Å². The second kappa shape index (κ2) is 7.85. The molecular weight excluding hydrogens is 348 g/mol. The number of hydrogen-bond acceptors (Lipinski definition) is 2. The third-order valence-electron chi connectivity index (χ3n) is 5.51. The summed E-state index contributed by atoms with van der Waals surface area (Å²) in [6, 6.07) is 18.6. The lowest BCUT2D eigenvalue weighted by Crippen LogP contribution is -2.28. The zero-order valence-electron chi connectivity index (χ0n) is 16.0. The Kier molecular flexibility index (Phi) is 5.11. The Morgan fingerprint density at radius 1 is 1.00 bits per heavy atom. The summed E-state index contributed by atoms with van der Waals surface area (Å²) < 4.78 is 0. The summed E-state index contributed by atoms with van der Waals surface area (Å²) in [6.45, 7) is 2.04. The molecule has 1 heterocycles. The molecule has 0 radical (unpaired) electrons. The summed E-state index contributed by atoms with van der Waals surface area (Å²) in [5, 5.41) is 0. The molecule has 0 spiro atoms. The predicted octanol–water partition coefficient (Wildman–Crippen LogP) is 4.31. The smallest absolute Gasteiger partial charge is 0.307 e. The number of aromatic nitrogens is 2. The molecule has 1 aliphatic carbocycles. The zero-order chi connectivity index (χ0) is 19.5. The third-order valence-corrected chi connectivity index (χ3v) is 5.51. The molecule has 0 amide bonds. The second-order valence-corrected chi connectivity index (χ2v) is 7.54. The fourth-order valence-electron chi connectivity index (χ4n) is 4.07. The summed E-state index contributed by atoms with van der Waals surface area (Å²) in [5.74, 6) is 0.485. The van der Waals surface area contributed by atoms with Gasteiger partial charge < -0.3 is 4.98 Å². The average Bonchev–Trinajstić information content (AvgIpc) is 2.71. The number of nitrogens with one attached hydrogen (secondary N) is 2. The van der Waals surface area contributed by atoms with Crippen molar-refractivity contribution in [1.29, 1.82) is 0 Å². The number of aryl methyl sites for hydroxylation is 1. The van der Waals surface area contributed by atoms with Crippen LogP contribution in [-0.4, -0.2) is 9.97 Å². The van der Waals surface area contributed by atoms with E-state index in [0.29, 0.717) is 23.6 Å². The van der Waals surface area contributed by atoms with E-state index in [1.807, 2.05) is 31.2 Å². The molecule has 0 saturated heterocycles. The molecular formula is C24H24N2O2. The van der Waals surface area contributed by atoms with Crippen LogP contribution < -0.4 is 11.2 Å². The summed E-state index contributed by atoms with van der Waals surface area (Å²) in [7, 11) is 0. The normalized spacial score (nSPS) is 16.6. The molecule has 1 atom stereocenters.